The number of piperazine rings is 1. The predicted molar refractivity (Wildman–Crippen MR) is 76.9 cm³/mol. The molecule has 6 nitrogen and oxygen atoms in total. The summed E-state index contributed by atoms with van der Waals surface area (Å²) in [4.78, 5) is 28.2. The van der Waals surface area contributed by atoms with Crippen LogP contribution >= 0.6 is 0 Å². The van der Waals surface area contributed by atoms with E-state index in [9.17, 15) is 9.59 Å². The molecule has 2 aliphatic rings. The van der Waals surface area contributed by atoms with Crippen molar-refractivity contribution >= 4 is 11.8 Å². The highest BCUT2D eigenvalue weighted by molar-refractivity contribution is 5.94. The van der Waals surface area contributed by atoms with Gasteiger partial charge in [-0.2, -0.15) is 0 Å². The third kappa shape index (κ3) is 2.95. The second kappa shape index (κ2) is 5.89. The number of hydrogen-bond acceptors (Lipinski definition) is 3. The monoisotopic (exact) mass is 291 g/mol. The molecule has 0 spiro atoms. The molecule has 2 saturated heterocycles. The Morgan fingerprint density at radius 3 is 2.48 bits per heavy atom. The minimum absolute atomic E-state index is 0.0415. The zero-order valence-electron chi connectivity index (χ0n) is 12.3. The topological polar surface area (TPSA) is 54.8 Å². The number of amides is 2. The number of carbonyl (C=O) groups excluding carboxylic acids is 2. The Hall–Kier alpha value is -1.82. The molecule has 1 aromatic rings. The zero-order valence-corrected chi connectivity index (χ0v) is 12.3. The third-order valence-corrected chi connectivity index (χ3v) is 4.16. The number of hydrogen-bond donors (Lipinski definition) is 0. The summed E-state index contributed by atoms with van der Waals surface area (Å²) in [5.74, 6) is 0.124. The Morgan fingerprint density at radius 2 is 1.90 bits per heavy atom. The minimum atomic E-state index is -0.263. The van der Waals surface area contributed by atoms with E-state index in [0.29, 0.717) is 38.3 Å². The van der Waals surface area contributed by atoms with E-state index in [-0.39, 0.29) is 17.9 Å². The molecule has 0 N–H and O–H groups in total. The summed E-state index contributed by atoms with van der Waals surface area (Å²) < 4.78 is 7.31. The third-order valence-electron chi connectivity index (χ3n) is 4.16. The molecule has 21 heavy (non-hydrogen) atoms. The van der Waals surface area contributed by atoms with E-state index in [1.807, 2.05) is 39.9 Å². The lowest BCUT2D eigenvalue weighted by molar-refractivity contribution is -0.142. The van der Waals surface area contributed by atoms with Gasteiger partial charge in [0.05, 0.1) is 5.56 Å². The summed E-state index contributed by atoms with van der Waals surface area (Å²) in [7, 11) is 1.90. The molecule has 2 amide bonds. The average molecular weight is 291 g/mol. The van der Waals surface area contributed by atoms with Crippen LogP contribution in [-0.4, -0.2) is 65.1 Å². The predicted octanol–water partition coefficient (Wildman–Crippen LogP) is 0.488. The number of ether oxygens (including phenoxy) is 1. The summed E-state index contributed by atoms with van der Waals surface area (Å²) in [5.41, 5.74) is 0.705. The SMILES string of the molecule is Cn1ccc(C(=O)N2CCN(C(=O)C3CCCO3)CC2)c1. The minimum Gasteiger partial charge on any atom is -0.368 e. The van der Waals surface area contributed by atoms with E-state index in [0.717, 1.165) is 12.8 Å². The summed E-state index contributed by atoms with van der Waals surface area (Å²) in [5, 5.41) is 0. The second-order valence-corrected chi connectivity index (χ2v) is 5.68. The number of nitrogens with zero attached hydrogens (tertiary/aromatic N) is 3. The van der Waals surface area contributed by atoms with Gasteiger partial charge in [0.25, 0.3) is 11.8 Å². The van der Waals surface area contributed by atoms with Crippen LogP contribution in [0.5, 0.6) is 0 Å². The molecule has 3 rings (SSSR count). The van der Waals surface area contributed by atoms with Crippen LogP contribution in [0, 0.1) is 0 Å². The van der Waals surface area contributed by atoms with E-state index in [4.69, 9.17) is 4.74 Å². The maximum Gasteiger partial charge on any atom is 0.255 e. The van der Waals surface area contributed by atoms with Gasteiger partial charge in [0.2, 0.25) is 0 Å². The molecule has 0 aromatic carbocycles. The maximum absolute atomic E-state index is 12.3. The van der Waals surface area contributed by atoms with Crippen molar-refractivity contribution in [3.63, 3.8) is 0 Å². The first-order valence-corrected chi connectivity index (χ1v) is 7.47. The first kappa shape index (κ1) is 14.1. The van der Waals surface area contributed by atoms with Gasteiger partial charge in [-0.05, 0) is 18.9 Å². The Bertz CT molecular complexity index is 526. The number of aryl methyl sites for hydroxylation is 1. The highest BCUT2D eigenvalue weighted by Gasteiger charge is 2.31. The molecule has 1 aromatic heterocycles. The molecule has 0 radical (unpaired) electrons. The van der Waals surface area contributed by atoms with Crippen molar-refractivity contribution in [2.45, 2.75) is 18.9 Å². The average Bonchev–Trinajstić information content (AvgIpc) is 3.17. The highest BCUT2D eigenvalue weighted by Crippen LogP contribution is 2.16. The van der Waals surface area contributed by atoms with Crippen LogP contribution in [-0.2, 0) is 16.6 Å². The van der Waals surface area contributed by atoms with E-state index in [1.165, 1.54) is 0 Å². The molecule has 114 valence electrons. The van der Waals surface area contributed by atoms with E-state index < -0.39 is 0 Å². The van der Waals surface area contributed by atoms with Crippen LogP contribution in [0.2, 0.25) is 0 Å². The van der Waals surface area contributed by atoms with Gasteiger partial charge in [-0.15, -0.1) is 0 Å². The molecule has 1 unspecified atom stereocenters. The molecule has 6 heteroatoms. The van der Waals surface area contributed by atoms with E-state index >= 15 is 0 Å². The first-order valence-electron chi connectivity index (χ1n) is 7.47. The van der Waals surface area contributed by atoms with Crippen LogP contribution in [0.25, 0.3) is 0 Å². The van der Waals surface area contributed by atoms with Crippen molar-refractivity contribution in [3.8, 4) is 0 Å². The largest absolute Gasteiger partial charge is 0.368 e. The molecule has 2 fully saturated rings. The Balaban J connectivity index is 1.55. The molecular weight excluding hydrogens is 270 g/mol. The van der Waals surface area contributed by atoms with Gasteiger partial charge in [0.1, 0.15) is 6.10 Å². The lowest BCUT2D eigenvalue weighted by atomic mass is 10.2. The molecule has 2 aliphatic heterocycles. The summed E-state index contributed by atoms with van der Waals surface area (Å²) >= 11 is 0. The van der Waals surface area contributed by atoms with Gasteiger partial charge in [0.15, 0.2) is 0 Å². The van der Waals surface area contributed by atoms with E-state index in [1.54, 1.807) is 0 Å². The van der Waals surface area contributed by atoms with E-state index in [2.05, 4.69) is 0 Å². The highest BCUT2D eigenvalue weighted by atomic mass is 16.5. The zero-order chi connectivity index (χ0) is 14.8. The lowest BCUT2D eigenvalue weighted by Gasteiger charge is -2.35. The number of carbonyl (C=O) groups is 2. The van der Waals surface area contributed by atoms with Gasteiger partial charge >= 0.3 is 0 Å². The Kier molecular flexibility index (Phi) is 3.96. The summed E-state index contributed by atoms with van der Waals surface area (Å²) in [6.07, 6.45) is 5.21. The van der Waals surface area contributed by atoms with Gasteiger partial charge in [-0.25, -0.2) is 0 Å². The van der Waals surface area contributed by atoms with Crippen LogP contribution in [0.4, 0.5) is 0 Å². The first-order chi connectivity index (χ1) is 10.1. The lowest BCUT2D eigenvalue weighted by Crippen LogP contribution is -2.52. The molecule has 3 heterocycles. The van der Waals surface area contributed by atoms with Crippen molar-refractivity contribution in [3.05, 3.63) is 24.0 Å². The molecule has 1 atom stereocenters. The quantitative estimate of drug-likeness (QED) is 0.797. The fraction of sp³-hybridized carbons (Fsp3) is 0.600. The van der Waals surface area contributed by atoms with Crippen molar-refractivity contribution in [2.24, 2.45) is 7.05 Å². The van der Waals surface area contributed by atoms with Gasteiger partial charge < -0.3 is 19.1 Å². The van der Waals surface area contributed by atoms with Crippen LogP contribution in [0.15, 0.2) is 18.5 Å². The Labute approximate surface area is 124 Å². The normalized spacial score (nSPS) is 22.6. The maximum atomic E-state index is 12.3. The summed E-state index contributed by atoms with van der Waals surface area (Å²) in [6, 6.07) is 1.83. The van der Waals surface area contributed by atoms with Gasteiger partial charge in [0, 0.05) is 52.2 Å². The second-order valence-electron chi connectivity index (χ2n) is 5.68. The van der Waals surface area contributed by atoms with Crippen molar-refractivity contribution < 1.29 is 14.3 Å². The van der Waals surface area contributed by atoms with Crippen LogP contribution in [0.1, 0.15) is 23.2 Å². The van der Waals surface area contributed by atoms with Crippen molar-refractivity contribution in [2.75, 3.05) is 32.8 Å². The van der Waals surface area contributed by atoms with Crippen LogP contribution in [0.3, 0.4) is 0 Å². The van der Waals surface area contributed by atoms with Gasteiger partial charge in [-0.3, -0.25) is 9.59 Å². The van der Waals surface area contributed by atoms with Crippen molar-refractivity contribution in [1.29, 1.82) is 0 Å². The Morgan fingerprint density at radius 1 is 1.19 bits per heavy atom. The molecule has 0 bridgehead atoms. The number of rotatable bonds is 2. The molecular formula is C15H21N3O3. The van der Waals surface area contributed by atoms with Crippen LogP contribution < -0.4 is 0 Å². The fourth-order valence-corrected chi connectivity index (χ4v) is 2.92. The number of aromatic nitrogens is 1. The fourth-order valence-electron chi connectivity index (χ4n) is 2.92. The molecule has 0 saturated carbocycles. The summed E-state index contributed by atoms with van der Waals surface area (Å²) in [6.45, 7) is 3.05. The molecule has 0 aliphatic carbocycles. The van der Waals surface area contributed by atoms with Gasteiger partial charge in [-0.1, -0.05) is 0 Å². The smallest absolute Gasteiger partial charge is 0.255 e. The standard InChI is InChI=1S/C15H21N3O3/c1-16-5-4-12(11-16)14(19)17-6-8-18(9-7-17)15(20)13-3-2-10-21-13/h4-5,11,13H,2-3,6-10H2,1H3. The van der Waals surface area contributed by atoms with Crippen molar-refractivity contribution in [1.82, 2.24) is 14.4 Å².